The van der Waals surface area contributed by atoms with Gasteiger partial charge in [-0.1, -0.05) is 11.2 Å². The Morgan fingerprint density at radius 1 is 1.37 bits per heavy atom. The van der Waals surface area contributed by atoms with Crippen LogP contribution in [0.2, 0.25) is 0 Å². The standard InChI is InChI=1S/C14H16N2O3/c1-8-11(14(17)18)5-4-6-13(8)15-7-12-9(2)16-19-10(12)3/h4-6,15H,7H2,1-3H3,(H,17,18). The van der Waals surface area contributed by atoms with Crippen LogP contribution in [-0.2, 0) is 6.54 Å². The Morgan fingerprint density at radius 3 is 2.68 bits per heavy atom. The maximum Gasteiger partial charge on any atom is 0.336 e. The molecule has 0 spiro atoms. The molecule has 1 aromatic carbocycles. The molecule has 0 aliphatic rings. The van der Waals surface area contributed by atoms with E-state index in [0.717, 1.165) is 28.3 Å². The molecule has 1 heterocycles. The smallest absolute Gasteiger partial charge is 0.336 e. The molecule has 0 radical (unpaired) electrons. The number of aryl methyl sites for hydroxylation is 2. The molecule has 0 bridgehead atoms. The van der Waals surface area contributed by atoms with Gasteiger partial charge >= 0.3 is 5.97 Å². The first kappa shape index (κ1) is 13.1. The van der Waals surface area contributed by atoms with Gasteiger partial charge in [-0.3, -0.25) is 0 Å². The van der Waals surface area contributed by atoms with Crippen molar-refractivity contribution in [3.8, 4) is 0 Å². The summed E-state index contributed by atoms with van der Waals surface area (Å²) in [5.74, 6) is -0.143. The van der Waals surface area contributed by atoms with Crippen LogP contribution in [0, 0.1) is 20.8 Å². The van der Waals surface area contributed by atoms with E-state index in [1.165, 1.54) is 0 Å². The SMILES string of the molecule is Cc1noc(C)c1CNc1cccc(C(=O)O)c1C. The van der Waals surface area contributed by atoms with E-state index in [1.54, 1.807) is 19.1 Å². The molecule has 5 heteroatoms. The molecule has 2 rings (SSSR count). The molecule has 0 unspecified atom stereocenters. The summed E-state index contributed by atoms with van der Waals surface area (Å²) in [4.78, 5) is 11.1. The molecule has 100 valence electrons. The number of hydrogen-bond donors (Lipinski definition) is 2. The molecule has 0 fully saturated rings. The van der Waals surface area contributed by atoms with Gasteiger partial charge in [-0.25, -0.2) is 4.79 Å². The van der Waals surface area contributed by atoms with Crippen molar-refractivity contribution in [3.63, 3.8) is 0 Å². The van der Waals surface area contributed by atoms with Gasteiger partial charge in [-0.05, 0) is 38.5 Å². The first-order valence-electron chi connectivity index (χ1n) is 5.99. The van der Waals surface area contributed by atoms with Gasteiger partial charge in [-0.2, -0.15) is 0 Å². The lowest BCUT2D eigenvalue weighted by Gasteiger charge is -2.11. The number of aromatic nitrogens is 1. The van der Waals surface area contributed by atoms with Gasteiger partial charge < -0.3 is 14.9 Å². The molecule has 2 N–H and O–H groups in total. The first-order chi connectivity index (χ1) is 9.00. The van der Waals surface area contributed by atoms with Crippen LogP contribution >= 0.6 is 0 Å². The van der Waals surface area contributed by atoms with Crippen molar-refractivity contribution in [2.75, 3.05) is 5.32 Å². The Labute approximate surface area is 111 Å². The number of rotatable bonds is 4. The molecule has 0 atom stereocenters. The fourth-order valence-corrected chi connectivity index (χ4v) is 2.00. The lowest BCUT2D eigenvalue weighted by molar-refractivity contribution is 0.0696. The van der Waals surface area contributed by atoms with Crippen molar-refractivity contribution >= 4 is 11.7 Å². The van der Waals surface area contributed by atoms with Crippen LogP contribution in [0.25, 0.3) is 0 Å². The predicted octanol–water partition coefficient (Wildman–Crippen LogP) is 2.91. The number of nitrogens with one attached hydrogen (secondary N) is 1. The highest BCUT2D eigenvalue weighted by Gasteiger charge is 2.12. The van der Waals surface area contributed by atoms with E-state index in [2.05, 4.69) is 10.5 Å². The van der Waals surface area contributed by atoms with Gasteiger partial charge in [0.05, 0.1) is 11.3 Å². The summed E-state index contributed by atoms with van der Waals surface area (Å²) in [6.45, 7) is 6.09. The van der Waals surface area contributed by atoms with Crippen LogP contribution in [0.3, 0.4) is 0 Å². The van der Waals surface area contributed by atoms with Crippen LogP contribution < -0.4 is 5.32 Å². The summed E-state index contributed by atoms with van der Waals surface area (Å²) in [7, 11) is 0. The van der Waals surface area contributed by atoms with Crippen LogP contribution in [0.1, 0.15) is 32.9 Å². The van der Waals surface area contributed by atoms with Crippen molar-refractivity contribution in [1.29, 1.82) is 0 Å². The predicted molar refractivity (Wildman–Crippen MR) is 71.4 cm³/mol. The number of carbonyl (C=O) groups is 1. The second-order valence-electron chi connectivity index (χ2n) is 4.44. The monoisotopic (exact) mass is 260 g/mol. The van der Waals surface area contributed by atoms with Gasteiger partial charge in [0.2, 0.25) is 0 Å². The van der Waals surface area contributed by atoms with Crippen molar-refractivity contribution in [3.05, 3.63) is 46.3 Å². The highest BCUT2D eigenvalue weighted by molar-refractivity contribution is 5.91. The number of benzene rings is 1. The minimum absolute atomic E-state index is 0.309. The molecule has 0 aliphatic carbocycles. The molecule has 1 aromatic heterocycles. The Morgan fingerprint density at radius 2 is 2.11 bits per heavy atom. The quantitative estimate of drug-likeness (QED) is 0.884. The third-order valence-electron chi connectivity index (χ3n) is 3.20. The van der Waals surface area contributed by atoms with Gasteiger partial charge in [-0.15, -0.1) is 0 Å². The molecular weight excluding hydrogens is 244 g/mol. The molecule has 0 aliphatic heterocycles. The summed E-state index contributed by atoms with van der Waals surface area (Å²) >= 11 is 0. The lowest BCUT2D eigenvalue weighted by Crippen LogP contribution is -2.06. The fraction of sp³-hybridized carbons (Fsp3) is 0.286. The molecule has 0 amide bonds. The first-order valence-corrected chi connectivity index (χ1v) is 5.99. The van der Waals surface area contributed by atoms with E-state index in [-0.39, 0.29) is 0 Å². The van der Waals surface area contributed by atoms with E-state index in [1.807, 2.05) is 19.9 Å². The highest BCUT2D eigenvalue weighted by Crippen LogP contribution is 2.21. The Bertz CT molecular complexity index is 598. The Hall–Kier alpha value is -2.30. The van der Waals surface area contributed by atoms with Crippen LogP contribution in [0.5, 0.6) is 0 Å². The highest BCUT2D eigenvalue weighted by atomic mass is 16.5. The zero-order valence-electron chi connectivity index (χ0n) is 11.2. The lowest BCUT2D eigenvalue weighted by atomic mass is 10.1. The number of aromatic carboxylic acids is 1. The summed E-state index contributed by atoms with van der Waals surface area (Å²) < 4.78 is 5.09. The van der Waals surface area contributed by atoms with Crippen molar-refractivity contribution in [2.45, 2.75) is 27.3 Å². The zero-order chi connectivity index (χ0) is 14.0. The summed E-state index contributed by atoms with van der Waals surface area (Å²) in [6, 6.07) is 5.19. The molecule has 2 aromatic rings. The van der Waals surface area contributed by atoms with Crippen molar-refractivity contribution in [2.24, 2.45) is 0 Å². The average Bonchev–Trinajstić information content (AvgIpc) is 2.68. The van der Waals surface area contributed by atoms with E-state index in [0.29, 0.717) is 12.1 Å². The van der Waals surface area contributed by atoms with E-state index in [9.17, 15) is 4.79 Å². The Balaban J connectivity index is 2.21. The normalized spacial score (nSPS) is 10.5. The molecule has 19 heavy (non-hydrogen) atoms. The minimum Gasteiger partial charge on any atom is -0.478 e. The summed E-state index contributed by atoms with van der Waals surface area (Å²) in [5.41, 5.74) is 3.68. The van der Waals surface area contributed by atoms with Crippen molar-refractivity contribution < 1.29 is 14.4 Å². The average molecular weight is 260 g/mol. The third kappa shape index (κ3) is 2.59. The van der Waals surface area contributed by atoms with E-state index < -0.39 is 5.97 Å². The second-order valence-corrected chi connectivity index (χ2v) is 4.44. The van der Waals surface area contributed by atoms with E-state index in [4.69, 9.17) is 9.63 Å². The molecule has 0 saturated heterocycles. The number of anilines is 1. The van der Waals surface area contributed by atoms with Crippen molar-refractivity contribution in [1.82, 2.24) is 5.16 Å². The van der Waals surface area contributed by atoms with Gasteiger partial charge in [0.15, 0.2) is 0 Å². The zero-order valence-corrected chi connectivity index (χ0v) is 11.2. The molecular formula is C14H16N2O3. The maximum absolute atomic E-state index is 11.1. The Kier molecular flexibility index (Phi) is 3.55. The largest absolute Gasteiger partial charge is 0.478 e. The maximum atomic E-state index is 11.1. The van der Waals surface area contributed by atoms with E-state index >= 15 is 0 Å². The second kappa shape index (κ2) is 5.14. The number of nitrogens with zero attached hydrogens (tertiary/aromatic N) is 1. The minimum atomic E-state index is -0.918. The number of carboxylic acids is 1. The summed E-state index contributed by atoms with van der Waals surface area (Å²) in [5, 5.41) is 16.2. The van der Waals surface area contributed by atoms with Gasteiger partial charge in [0, 0.05) is 17.8 Å². The van der Waals surface area contributed by atoms with Gasteiger partial charge in [0.25, 0.3) is 0 Å². The number of hydrogen-bond acceptors (Lipinski definition) is 4. The fourth-order valence-electron chi connectivity index (χ4n) is 2.00. The van der Waals surface area contributed by atoms with Crippen LogP contribution in [0.15, 0.2) is 22.7 Å². The van der Waals surface area contributed by atoms with Crippen LogP contribution in [0.4, 0.5) is 5.69 Å². The molecule has 0 saturated carbocycles. The third-order valence-corrected chi connectivity index (χ3v) is 3.20. The number of carboxylic acid groups (broad SMARTS) is 1. The molecule has 5 nitrogen and oxygen atoms in total. The van der Waals surface area contributed by atoms with Gasteiger partial charge in [0.1, 0.15) is 5.76 Å². The summed E-state index contributed by atoms with van der Waals surface area (Å²) in [6.07, 6.45) is 0. The topological polar surface area (TPSA) is 75.4 Å². The van der Waals surface area contributed by atoms with Crippen LogP contribution in [-0.4, -0.2) is 16.2 Å².